The lowest BCUT2D eigenvalue weighted by molar-refractivity contribution is -0.135. The fraction of sp³-hybridized carbons (Fsp3) is 0.366. The number of methoxy groups -OCH3 is 2. The predicted molar refractivity (Wildman–Crippen MR) is 199 cm³/mol. The number of rotatable bonds is 7. The zero-order valence-electron chi connectivity index (χ0n) is 30.5. The number of amides is 2. The number of aromatic nitrogens is 3. The topological polar surface area (TPSA) is 117 Å². The number of carbonyl (C=O) groups excluding carboxylic acids is 2. The van der Waals surface area contributed by atoms with Crippen LogP contribution >= 0.6 is 0 Å². The number of piperidine rings is 1. The third kappa shape index (κ3) is 5.28. The molecule has 1 unspecified atom stereocenters. The molecule has 1 saturated heterocycles. The van der Waals surface area contributed by atoms with Crippen LogP contribution in [-0.4, -0.2) is 51.2 Å². The molecule has 4 heterocycles. The van der Waals surface area contributed by atoms with E-state index < -0.39 is 11.9 Å². The second-order valence-corrected chi connectivity index (χ2v) is 14.7. The highest BCUT2D eigenvalue weighted by atomic mass is 16.5. The van der Waals surface area contributed by atoms with E-state index in [1.54, 1.807) is 42.0 Å². The molecule has 5 aromatic rings. The van der Waals surface area contributed by atoms with Crippen molar-refractivity contribution in [1.82, 2.24) is 23.9 Å². The van der Waals surface area contributed by atoms with Crippen molar-refractivity contribution in [3.05, 3.63) is 103 Å². The summed E-state index contributed by atoms with van der Waals surface area (Å²) in [6.07, 6.45) is 4.55. The smallest absolute Gasteiger partial charge is 0.329 e. The second kappa shape index (κ2) is 12.4. The van der Waals surface area contributed by atoms with Gasteiger partial charge >= 0.3 is 5.69 Å². The van der Waals surface area contributed by atoms with Crippen LogP contribution in [0.2, 0.25) is 0 Å². The molecule has 52 heavy (non-hydrogen) atoms. The van der Waals surface area contributed by atoms with Crippen molar-refractivity contribution in [2.75, 3.05) is 20.8 Å². The van der Waals surface area contributed by atoms with Crippen molar-refractivity contribution in [3.8, 4) is 33.8 Å². The number of para-hydroxylation sites is 1. The third-order valence-electron chi connectivity index (χ3n) is 11.6. The summed E-state index contributed by atoms with van der Waals surface area (Å²) in [6, 6.07) is 15.8. The summed E-state index contributed by atoms with van der Waals surface area (Å²) in [5.41, 5.74) is 10.3. The summed E-state index contributed by atoms with van der Waals surface area (Å²) in [5, 5.41) is 2.40. The van der Waals surface area contributed by atoms with Crippen molar-refractivity contribution in [2.24, 2.45) is 14.1 Å². The molecule has 11 nitrogen and oxygen atoms in total. The zero-order chi connectivity index (χ0) is 36.6. The number of hydrogen-bond donors (Lipinski definition) is 1. The summed E-state index contributed by atoms with van der Waals surface area (Å²) in [6.45, 7) is 6.14. The van der Waals surface area contributed by atoms with Gasteiger partial charge in [-0.15, -0.1) is 0 Å². The molecule has 0 radical (unpaired) electrons. The van der Waals surface area contributed by atoms with Gasteiger partial charge < -0.3 is 14.0 Å². The molecule has 8 rings (SSSR count). The van der Waals surface area contributed by atoms with E-state index in [1.165, 1.54) is 11.1 Å². The number of carbonyl (C=O) groups is 2. The maximum atomic E-state index is 13.6. The number of hydrogen-bond acceptors (Lipinski definition) is 7. The van der Waals surface area contributed by atoms with Gasteiger partial charge in [0.05, 0.1) is 30.8 Å². The molecule has 0 bridgehead atoms. The molecule has 2 aliphatic heterocycles. The second-order valence-electron chi connectivity index (χ2n) is 14.7. The first-order chi connectivity index (χ1) is 24.9. The van der Waals surface area contributed by atoms with E-state index >= 15 is 0 Å². The standard InChI is InChI=1S/C41H43N5O6/c1-23-24(2)39(49)43(3)20-29(23)27-17-34(51-5)30(35(18-27)52-6)21-45-19-26-11-10-25(16-31(26)41(22-45)14-15-41)28-8-7-9-32-37(28)44(4)40(50)46(32)33-12-13-36(47)42-38(33)48/h7-11,16-18,20,33H,12-15,19,21-22H2,1-6H3,(H,42,47,48). The number of benzene rings is 3. The fourth-order valence-electron chi connectivity index (χ4n) is 8.56. The lowest BCUT2D eigenvalue weighted by Gasteiger charge is -2.36. The molecule has 3 aromatic carbocycles. The van der Waals surface area contributed by atoms with E-state index in [0.717, 1.165) is 81.9 Å². The van der Waals surface area contributed by atoms with Gasteiger partial charge in [0.2, 0.25) is 11.8 Å². The minimum Gasteiger partial charge on any atom is -0.496 e. The molecule has 268 valence electrons. The van der Waals surface area contributed by atoms with Gasteiger partial charge in [-0.3, -0.25) is 33.7 Å². The van der Waals surface area contributed by atoms with Gasteiger partial charge in [0.1, 0.15) is 17.5 Å². The quantitative estimate of drug-likeness (QED) is 0.237. The Morgan fingerprint density at radius 3 is 2.29 bits per heavy atom. The van der Waals surface area contributed by atoms with Crippen LogP contribution in [0.4, 0.5) is 0 Å². The summed E-state index contributed by atoms with van der Waals surface area (Å²) in [7, 11) is 6.89. The highest BCUT2D eigenvalue weighted by molar-refractivity contribution is 6.01. The molecular weight excluding hydrogens is 658 g/mol. The molecule has 2 amide bonds. The number of pyridine rings is 1. The van der Waals surface area contributed by atoms with E-state index in [2.05, 4.69) is 28.4 Å². The number of fused-ring (bicyclic) bond motifs is 3. The van der Waals surface area contributed by atoms with Crippen molar-refractivity contribution >= 4 is 22.8 Å². The zero-order valence-corrected chi connectivity index (χ0v) is 30.5. The Bertz CT molecular complexity index is 2420. The highest BCUT2D eigenvalue weighted by Gasteiger charge is 2.49. The van der Waals surface area contributed by atoms with Crippen LogP contribution in [-0.2, 0) is 42.2 Å². The van der Waals surface area contributed by atoms with Gasteiger partial charge in [0.15, 0.2) is 0 Å². The van der Waals surface area contributed by atoms with Crippen LogP contribution in [0.1, 0.15) is 59.5 Å². The Morgan fingerprint density at radius 1 is 0.885 bits per heavy atom. The highest BCUT2D eigenvalue weighted by Crippen LogP contribution is 2.54. The van der Waals surface area contributed by atoms with Crippen molar-refractivity contribution < 1.29 is 19.1 Å². The fourth-order valence-corrected chi connectivity index (χ4v) is 8.56. The number of imide groups is 1. The van der Waals surface area contributed by atoms with Gasteiger partial charge in [0, 0.05) is 68.5 Å². The first kappa shape index (κ1) is 33.7. The third-order valence-corrected chi connectivity index (χ3v) is 11.6. The summed E-state index contributed by atoms with van der Waals surface area (Å²) >= 11 is 0. The monoisotopic (exact) mass is 701 g/mol. The minimum atomic E-state index is -0.733. The van der Waals surface area contributed by atoms with Gasteiger partial charge in [-0.1, -0.05) is 30.3 Å². The average molecular weight is 702 g/mol. The van der Waals surface area contributed by atoms with Crippen LogP contribution in [0.3, 0.4) is 0 Å². The predicted octanol–water partition coefficient (Wildman–Crippen LogP) is 5.03. The van der Waals surface area contributed by atoms with Gasteiger partial charge in [-0.25, -0.2) is 4.79 Å². The number of aryl methyl sites for hydroxylation is 2. The van der Waals surface area contributed by atoms with E-state index in [0.29, 0.717) is 18.5 Å². The Hall–Kier alpha value is -5.42. The van der Waals surface area contributed by atoms with E-state index in [9.17, 15) is 19.2 Å². The minimum absolute atomic E-state index is 0.00477. The van der Waals surface area contributed by atoms with Gasteiger partial charge in [-0.05, 0) is 79.1 Å². The SMILES string of the molecule is COc1cc(-c2cn(C)c(=O)c(C)c2C)cc(OC)c1CN1Cc2ccc(-c3cccc4c3n(C)c(=O)n4C3CCC(=O)NC3=O)cc2C2(CC2)C1. The van der Waals surface area contributed by atoms with Crippen molar-refractivity contribution in [2.45, 2.75) is 64.1 Å². The van der Waals surface area contributed by atoms with Crippen LogP contribution in [0.15, 0.2) is 64.3 Å². The molecule has 1 saturated carbocycles. The van der Waals surface area contributed by atoms with E-state index in [-0.39, 0.29) is 29.0 Å². The molecule has 1 N–H and O–H groups in total. The molecule has 2 fully saturated rings. The van der Waals surface area contributed by atoms with Crippen LogP contribution < -0.4 is 26.0 Å². The number of nitrogens with zero attached hydrogens (tertiary/aromatic N) is 4. The van der Waals surface area contributed by atoms with E-state index in [1.807, 2.05) is 50.4 Å². The van der Waals surface area contributed by atoms with Crippen molar-refractivity contribution in [1.29, 1.82) is 0 Å². The molecule has 11 heteroatoms. The van der Waals surface area contributed by atoms with Crippen LogP contribution in [0.25, 0.3) is 33.3 Å². The summed E-state index contributed by atoms with van der Waals surface area (Å²) < 4.78 is 16.7. The number of nitrogens with one attached hydrogen (secondary N) is 1. The van der Waals surface area contributed by atoms with Gasteiger partial charge in [0.25, 0.3) is 5.56 Å². The Labute approximate surface area is 301 Å². The Balaban J connectivity index is 1.12. The largest absolute Gasteiger partial charge is 0.496 e. The average Bonchev–Trinajstić information content (AvgIpc) is 3.86. The van der Waals surface area contributed by atoms with E-state index in [4.69, 9.17) is 9.47 Å². The van der Waals surface area contributed by atoms with Crippen LogP contribution in [0, 0.1) is 13.8 Å². The first-order valence-electron chi connectivity index (χ1n) is 17.8. The Kier molecular flexibility index (Phi) is 8.02. The molecule has 1 spiro atoms. The number of imidazole rings is 1. The van der Waals surface area contributed by atoms with Gasteiger partial charge in [-0.2, -0.15) is 0 Å². The molecule has 3 aliphatic rings. The molecule has 1 atom stereocenters. The molecule has 2 aromatic heterocycles. The van der Waals surface area contributed by atoms with Crippen molar-refractivity contribution in [3.63, 3.8) is 0 Å². The maximum Gasteiger partial charge on any atom is 0.329 e. The lowest BCUT2D eigenvalue weighted by Crippen LogP contribution is -2.44. The molecule has 1 aliphatic carbocycles. The number of ether oxygens (including phenoxy) is 2. The lowest BCUT2D eigenvalue weighted by atomic mass is 9.84. The Morgan fingerprint density at radius 2 is 1.62 bits per heavy atom. The summed E-state index contributed by atoms with van der Waals surface area (Å²) in [5.74, 6) is 0.741. The normalized spacial score (nSPS) is 18.1. The summed E-state index contributed by atoms with van der Waals surface area (Å²) in [4.78, 5) is 53.3. The van der Waals surface area contributed by atoms with Crippen LogP contribution in [0.5, 0.6) is 11.5 Å². The maximum absolute atomic E-state index is 13.6. The molecular formula is C41H43N5O6. The first-order valence-corrected chi connectivity index (χ1v) is 17.8.